The minimum atomic E-state index is 0.194. The molecule has 2 heterocycles. The molecule has 2 heteroatoms. The van der Waals surface area contributed by atoms with E-state index in [0.29, 0.717) is 0 Å². The van der Waals surface area contributed by atoms with Crippen LogP contribution in [0.4, 0.5) is 5.69 Å². The van der Waals surface area contributed by atoms with Crippen LogP contribution in [0.5, 0.6) is 0 Å². The molecule has 1 aromatic carbocycles. The Labute approximate surface area is 84.3 Å². The molecule has 0 radical (unpaired) electrons. The molecule has 74 valence electrons. The maximum atomic E-state index is 5.69. The molecule has 1 fully saturated rings. The lowest BCUT2D eigenvalue weighted by Gasteiger charge is -2.22. The highest BCUT2D eigenvalue weighted by Gasteiger charge is 2.47. The van der Waals surface area contributed by atoms with Crippen molar-refractivity contribution in [3.63, 3.8) is 0 Å². The van der Waals surface area contributed by atoms with Gasteiger partial charge in [0.15, 0.2) is 0 Å². The third kappa shape index (κ3) is 0.894. The number of rotatable bonds is 0. The molecule has 0 aromatic heterocycles. The van der Waals surface area contributed by atoms with Crippen LogP contribution in [-0.2, 0) is 10.2 Å². The molecule has 0 spiro atoms. The fraction of sp³-hybridized carbons (Fsp3) is 0.500. The van der Waals surface area contributed by atoms with Gasteiger partial charge in [-0.1, -0.05) is 24.6 Å². The Morgan fingerprint density at radius 2 is 2.36 bits per heavy atom. The fourth-order valence-corrected chi connectivity index (χ4v) is 2.58. The van der Waals surface area contributed by atoms with Crippen molar-refractivity contribution in [1.82, 2.24) is 0 Å². The first-order valence-electron chi connectivity index (χ1n) is 5.19. The fourth-order valence-electron chi connectivity index (χ4n) is 2.58. The highest BCUT2D eigenvalue weighted by atomic mass is 16.5. The quantitative estimate of drug-likeness (QED) is 0.676. The van der Waals surface area contributed by atoms with Gasteiger partial charge in [-0.3, -0.25) is 0 Å². The van der Waals surface area contributed by atoms with E-state index in [1.165, 1.54) is 16.8 Å². The van der Waals surface area contributed by atoms with Gasteiger partial charge < -0.3 is 10.1 Å². The predicted octanol–water partition coefficient (Wildman–Crippen LogP) is 2.42. The van der Waals surface area contributed by atoms with Crippen molar-refractivity contribution in [3.8, 4) is 0 Å². The Hall–Kier alpha value is -1.02. The number of fused-ring (bicyclic) bond motifs is 3. The molecule has 2 aliphatic rings. The molecule has 2 nitrogen and oxygen atoms in total. The van der Waals surface area contributed by atoms with E-state index in [4.69, 9.17) is 4.74 Å². The topological polar surface area (TPSA) is 21.3 Å². The van der Waals surface area contributed by atoms with Crippen molar-refractivity contribution >= 4 is 5.69 Å². The molecule has 0 bridgehead atoms. The van der Waals surface area contributed by atoms with Crippen LogP contribution in [0.25, 0.3) is 0 Å². The average molecular weight is 189 g/mol. The van der Waals surface area contributed by atoms with E-state index in [9.17, 15) is 0 Å². The van der Waals surface area contributed by atoms with Crippen LogP contribution in [0, 0.1) is 6.92 Å². The summed E-state index contributed by atoms with van der Waals surface area (Å²) in [6, 6.07) is 6.60. The van der Waals surface area contributed by atoms with Gasteiger partial charge in [-0.15, -0.1) is 0 Å². The zero-order valence-electron chi connectivity index (χ0n) is 8.63. The van der Waals surface area contributed by atoms with Gasteiger partial charge in [-0.2, -0.15) is 0 Å². The second-order valence-corrected chi connectivity index (χ2v) is 4.61. The summed E-state index contributed by atoms with van der Waals surface area (Å²) in [5.41, 5.74) is 4.21. The van der Waals surface area contributed by atoms with E-state index >= 15 is 0 Å². The van der Waals surface area contributed by atoms with Crippen LogP contribution in [0.15, 0.2) is 18.2 Å². The Morgan fingerprint density at radius 1 is 1.50 bits per heavy atom. The minimum Gasteiger partial charge on any atom is -0.359 e. The summed E-state index contributed by atoms with van der Waals surface area (Å²) in [7, 11) is 0. The average Bonchev–Trinajstić information content (AvgIpc) is 2.62. The van der Waals surface area contributed by atoms with Crippen molar-refractivity contribution in [3.05, 3.63) is 29.3 Å². The normalized spacial score (nSPS) is 33.7. The lowest BCUT2D eigenvalue weighted by Crippen LogP contribution is -2.31. The highest BCUT2D eigenvalue weighted by Crippen LogP contribution is 2.47. The van der Waals surface area contributed by atoms with Gasteiger partial charge in [0.1, 0.15) is 6.23 Å². The summed E-state index contributed by atoms with van der Waals surface area (Å²) in [6.45, 7) is 5.32. The molecule has 2 aliphatic heterocycles. The third-order valence-corrected chi connectivity index (χ3v) is 3.56. The smallest absolute Gasteiger partial charge is 0.137 e. The van der Waals surface area contributed by atoms with Crippen molar-refractivity contribution < 1.29 is 4.74 Å². The standard InChI is InChI=1S/C12H15NO/c1-8-3-4-10-9(7-8)12(2)5-6-14-11(12)13-10/h3-4,7,11,13H,5-6H2,1-2H3. The molecule has 1 saturated heterocycles. The van der Waals surface area contributed by atoms with Crippen molar-refractivity contribution in [2.45, 2.75) is 31.9 Å². The summed E-state index contributed by atoms with van der Waals surface area (Å²) in [5, 5.41) is 3.44. The van der Waals surface area contributed by atoms with Gasteiger partial charge in [0.25, 0.3) is 0 Å². The Bertz CT molecular complexity index is 388. The van der Waals surface area contributed by atoms with Crippen LogP contribution in [0.1, 0.15) is 24.5 Å². The second-order valence-electron chi connectivity index (χ2n) is 4.61. The van der Waals surface area contributed by atoms with Crippen LogP contribution in [0.2, 0.25) is 0 Å². The Kier molecular flexibility index (Phi) is 1.49. The zero-order valence-corrected chi connectivity index (χ0v) is 8.63. The number of hydrogen-bond acceptors (Lipinski definition) is 2. The lowest BCUT2D eigenvalue weighted by atomic mass is 9.81. The number of anilines is 1. The molecular formula is C12H15NO. The highest BCUT2D eigenvalue weighted by molar-refractivity contribution is 5.62. The number of aryl methyl sites for hydroxylation is 1. The molecule has 2 atom stereocenters. The molecule has 14 heavy (non-hydrogen) atoms. The van der Waals surface area contributed by atoms with Gasteiger partial charge in [-0.25, -0.2) is 0 Å². The number of hydrogen-bond donors (Lipinski definition) is 1. The lowest BCUT2D eigenvalue weighted by molar-refractivity contribution is 0.112. The van der Waals surface area contributed by atoms with E-state index in [1.807, 2.05) is 0 Å². The molecule has 3 rings (SSSR count). The SMILES string of the molecule is Cc1ccc2c(c1)C1(C)CCOC1N2. The van der Waals surface area contributed by atoms with Gasteiger partial charge in [-0.05, 0) is 25.0 Å². The molecule has 1 aromatic rings. The summed E-state index contributed by atoms with van der Waals surface area (Å²) in [5.74, 6) is 0. The van der Waals surface area contributed by atoms with E-state index in [1.54, 1.807) is 0 Å². The monoisotopic (exact) mass is 189 g/mol. The Morgan fingerprint density at radius 3 is 3.21 bits per heavy atom. The van der Waals surface area contributed by atoms with Crippen LogP contribution in [0.3, 0.4) is 0 Å². The van der Waals surface area contributed by atoms with Crippen molar-refractivity contribution in [2.24, 2.45) is 0 Å². The molecule has 0 amide bonds. The minimum absolute atomic E-state index is 0.194. The van der Waals surface area contributed by atoms with Gasteiger partial charge >= 0.3 is 0 Å². The second kappa shape index (κ2) is 2.51. The summed E-state index contributed by atoms with van der Waals surface area (Å²) >= 11 is 0. The zero-order chi connectivity index (χ0) is 9.76. The number of ether oxygens (including phenoxy) is 1. The number of nitrogens with one attached hydrogen (secondary N) is 1. The van der Waals surface area contributed by atoms with Gasteiger partial charge in [0.05, 0.1) is 6.61 Å². The van der Waals surface area contributed by atoms with Crippen LogP contribution >= 0.6 is 0 Å². The summed E-state index contributed by atoms with van der Waals surface area (Å²) in [6.07, 6.45) is 1.32. The predicted molar refractivity (Wildman–Crippen MR) is 56.5 cm³/mol. The van der Waals surface area contributed by atoms with Crippen LogP contribution < -0.4 is 5.32 Å². The molecule has 2 unspecified atom stereocenters. The van der Waals surface area contributed by atoms with Gasteiger partial charge in [0.2, 0.25) is 0 Å². The van der Waals surface area contributed by atoms with E-state index in [2.05, 4.69) is 37.4 Å². The maximum Gasteiger partial charge on any atom is 0.137 e. The van der Waals surface area contributed by atoms with E-state index < -0.39 is 0 Å². The first kappa shape index (κ1) is 8.30. The molecule has 0 saturated carbocycles. The van der Waals surface area contributed by atoms with Crippen molar-refractivity contribution in [2.75, 3.05) is 11.9 Å². The summed E-state index contributed by atoms with van der Waals surface area (Å²) < 4.78 is 5.69. The number of benzene rings is 1. The summed E-state index contributed by atoms with van der Waals surface area (Å²) in [4.78, 5) is 0. The van der Waals surface area contributed by atoms with E-state index in [-0.39, 0.29) is 11.6 Å². The maximum absolute atomic E-state index is 5.69. The first-order chi connectivity index (χ1) is 6.70. The largest absolute Gasteiger partial charge is 0.359 e. The molecule has 1 N–H and O–H groups in total. The van der Waals surface area contributed by atoms with E-state index in [0.717, 1.165) is 13.0 Å². The third-order valence-electron chi connectivity index (χ3n) is 3.56. The molecular weight excluding hydrogens is 174 g/mol. The first-order valence-corrected chi connectivity index (χ1v) is 5.19. The van der Waals surface area contributed by atoms with Crippen LogP contribution in [-0.4, -0.2) is 12.8 Å². The van der Waals surface area contributed by atoms with Crippen molar-refractivity contribution in [1.29, 1.82) is 0 Å². The Balaban J connectivity index is 2.17. The molecule has 0 aliphatic carbocycles. The van der Waals surface area contributed by atoms with Gasteiger partial charge in [0, 0.05) is 11.1 Å².